The molecule has 0 aliphatic carbocycles. The van der Waals surface area contributed by atoms with E-state index in [0.717, 1.165) is 5.56 Å². The van der Waals surface area contributed by atoms with Gasteiger partial charge in [-0.3, -0.25) is 9.10 Å². The zero-order chi connectivity index (χ0) is 22.6. The predicted molar refractivity (Wildman–Crippen MR) is 121 cm³/mol. The number of carbonyl (C=O) groups excluding carboxylic acids is 1. The molecule has 0 bridgehead atoms. The predicted octanol–water partition coefficient (Wildman–Crippen LogP) is 3.92. The van der Waals surface area contributed by atoms with Gasteiger partial charge in [0, 0.05) is 12.1 Å². The third-order valence-corrected chi connectivity index (χ3v) is 7.11. The van der Waals surface area contributed by atoms with E-state index in [9.17, 15) is 17.6 Å². The fraction of sp³-hybridized carbons (Fsp3) is 0.208. The van der Waals surface area contributed by atoms with Gasteiger partial charge in [0.05, 0.1) is 17.5 Å². The molecule has 1 saturated heterocycles. The lowest BCUT2D eigenvalue weighted by Crippen LogP contribution is -2.33. The number of nitrogens with one attached hydrogen (secondary N) is 1. The molecule has 3 aromatic rings. The Balaban J connectivity index is 1.54. The van der Waals surface area contributed by atoms with Crippen molar-refractivity contribution in [3.05, 3.63) is 95.8 Å². The standard InChI is InChI=1S/C24H23FN2O4S/c25-21-12-4-5-13-23(21)31-17-22(18-8-2-1-3-9-18)26-24(28)19-10-6-11-20(16-19)27-14-7-15-32(27,29)30/h1-6,8-13,16,22H,7,14-15,17H2,(H,26,28). The highest BCUT2D eigenvalue weighted by atomic mass is 32.2. The van der Waals surface area contributed by atoms with Crippen LogP contribution < -0.4 is 14.4 Å². The highest BCUT2D eigenvalue weighted by molar-refractivity contribution is 7.93. The average molecular weight is 455 g/mol. The van der Waals surface area contributed by atoms with Crippen molar-refractivity contribution in [2.45, 2.75) is 12.5 Å². The molecule has 4 rings (SSSR count). The number of sulfonamides is 1. The highest BCUT2D eigenvalue weighted by Crippen LogP contribution is 2.25. The molecule has 1 N–H and O–H groups in total. The number of nitrogens with zero attached hydrogens (tertiary/aromatic N) is 1. The largest absolute Gasteiger partial charge is 0.488 e. The Morgan fingerprint density at radius 2 is 1.78 bits per heavy atom. The molecule has 6 nitrogen and oxygen atoms in total. The Hall–Kier alpha value is -3.39. The molecule has 0 radical (unpaired) electrons. The first-order chi connectivity index (χ1) is 15.4. The number of ether oxygens (including phenoxy) is 1. The van der Waals surface area contributed by atoms with Crippen LogP contribution in [0.3, 0.4) is 0 Å². The van der Waals surface area contributed by atoms with E-state index in [1.807, 2.05) is 30.3 Å². The van der Waals surface area contributed by atoms with E-state index in [1.165, 1.54) is 16.4 Å². The van der Waals surface area contributed by atoms with Gasteiger partial charge in [0.1, 0.15) is 6.61 Å². The van der Waals surface area contributed by atoms with Crippen molar-refractivity contribution in [2.75, 3.05) is 23.2 Å². The minimum atomic E-state index is -3.35. The van der Waals surface area contributed by atoms with Crippen molar-refractivity contribution in [2.24, 2.45) is 0 Å². The van der Waals surface area contributed by atoms with Crippen molar-refractivity contribution in [1.29, 1.82) is 0 Å². The number of amides is 1. The molecule has 32 heavy (non-hydrogen) atoms. The molecule has 166 valence electrons. The Morgan fingerprint density at radius 1 is 1.03 bits per heavy atom. The normalized spacial score (nSPS) is 15.8. The van der Waals surface area contributed by atoms with Crippen molar-refractivity contribution in [3.63, 3.8) is 0 Å². The molecule has 8 heteroatoms. The van der Waals surface area contributed by atoms with Crippen LogP contribution in [0.25, 0.3) is 0 Å². The van der Waals surface area contributed by atoms with E-state index >= 15 is 0 Å². The maximum absolute atomic E-state index is 14.0. The maximum atomic E-state index is 14.0. The minimum Gasteiger partial charge on any atom is -0.488 e. The Labute approximate surface area is 186 Å². The van der Waals surface area contributed by atoms with Gasteiger partial charge in [-0.05, 0) is 42.3 Å². The lowest BCUT2D eigenvalue weighted by molar-refractivity contribution is 0.0920. The van der Waals surface area contributed by atoms with Crippen LogP contribution in [0.4, 0.5) is 10.1 Å². The second-order valence-electron chi connectivity index (χ2n) is 7.47. The van der Waals surface area contributed by atoms with E-state index in [2.05, 4.69) is 5.32 Å². The summed E-state index contributed by atoms with van der Waals surface area (Å²) in [5.41, 5.74) is 1.60. The first kappa shape index (κ1) is 21.8. The van der Waals surface area contributed by atoms with Gasteiger partial charge in [-0.25, -0.2) is 12.8 Å². The summed E-state index contributed by atoms with van der Waals surface area (Å²) >= 11 is 0. The summed E-state index contributed by atoms with van der Waals surface area (Å²) in [7, 11) is -3.35. The zero-order valence-corrected chi connectivity index (χ0v) is 18.1. The first-order valence-electron chi connectivity index (χ1n) is 10.3. The fourth-order valence-corrected chi connectivity index (χ4v) is 5.17. The summed E-state index contributed by atoms with van der Waals surface area (Å²) in [5, 5.41) is 2.92. The van der Waals surface area contributed by atoms with Gasteiger partial charge in [0.25, 0.3) is 5.91 Å². The molecule has 1 atom stereocenters. The van der Waals surface area contributed by atoms with Crippen molar-refractivity contribution >= 4 is 21.6 Å². The quantitative estimate of drug-likeness (QED) is 0.587. The monoisotopic (exact) mass is 454 g/mol. The van der Waals surface area contributed by atoms with Crippen molar-refractivity contribution in [3.8, 4) is 5.75 Å². The molecule has 1 unspecified atom stereocenters. The second-order valence-corrected chi connectivity index (χ2v) is 9.48. The highest BCUT2D eigenvalue weighted by Gasteiger charge is 2.29. The Morgan fingerprint density at radius 3 is 2.50 bits per heavy atom. The van der Waals surface area contributed by atoms with Gasteiger partial charge >= 0.3 is 0 Å². The molecule has 1 fully saturated rings. The van der Waals surface area contributed by atoms with E-state index in [0.29, 0.717) is 24.2 Å². The molecule has 1 aliphatic rings. The number of anilines is 1. The summed E-state index contributed by atoms with van der Waals surface area (Å²) in [4.78, 5) is 13.0. The summed E-state index contributed by atoms with van der Waals surface area (Å²) in [6.07, 6.45) is 0.558. The summed E-state index contributed by atoms with van der Waals surface area (Å²) in [6, 6.07) is 21.3. The van der Waals surface area contributed by atoms with Gasteiger partial charge in [-0.15, -0.1) is 0 Å². The number of benzene rings is 3. The van der Waals surface area contributed by atoms with Gasteiger partial charge < -0.3 is 10.1 Å². The molecule has 0 spiro atoms. The molecule has 0 saturated carbocycles. The smallest absolute Gasteiger partial charge is 0.251 e. The minimum absolute atomic E-state index is 0.0247. The lowest BCUT2D eigenvalue weighted by Gasteiger charge is -2.21. The molecule has 1 heterocycles. The fourth-order valence-electron chi connectivity index (χ4n) is 3.61. The van der Waals surface area contributed by atoms with Crippen LogP contribution in [0.2, 0.25) is 0 Å². The summed E-state index contributed by atoms with van der Waals surface area (Å²) < 4.78 is 45.4. The van der Waals surface area contributed by atoms with Crippen LogP contribution in [-0.4, -0.2) is 33.2 Å². The van der Waals surface area contributed by atoms with Gasteiger partial charge in [-0.1, -0.05) is 48.5 Å². The topological polar surface area (TPSA) is 75.7 Å². The Bertz CT molecular complexity index is 1200. The van der Waals surface area contributed by atoms with E-state index in [-0.39, 0.29) is 24.0 Å². The second kappa shape index (κ2) is 9.40. The molecule has 3 aromatic carbocycles. The number of hydrogen-bond donors (Lipinski definition) is 1. The number of rotatable bonds is 7. The number of halogens is 1. The van der Waals surface area contributed by atoms with Crippen LogP contribution in [0.1, 0.15) is 28.4 Å². The van der Waals surface area contributed by atoms with Gasteiger partial charge in [-0.2, -0.15) is 0 Å². The van der Waals surface area contributed by atoms with Crippen LogP contribution in [0, 0.1) is 5.82 Å². The summed E-state index contributed by atoms with van der Waals surface area (Å²) in [6.45, 7) is 0.424. The van der Waals surface area contributed by atoms with E-state index < -0.39 is 21.9 Å². The molecular formula is C24H23FN2O4S. The van der Waals surface area contributed by atoms with Gasteiger partial charge in [0.2, 0.25) is 10.0 Å². The number of para-hydroxylation sites is 1. The SMILES string of the molecule is O=C(NC(COc1ccccc1F)c1ccccc1)c1cccc(N2CCCS2(=O)=O)c1. The molecule has 1 aliphatic heterocycles. The molecule has 1 amide bonds. The average Bonchev–Trinajstić information content (AvgIpc) is 3.17. The molecular weight excluding hydrogens is 431 g/mol. The lowest BCUT2D eigenvalue weighted by atomic mass is 10.1. The van der Waals surface area contributed by atoms with Crippen molar-refractivity contribution < 1.29 is 22.3 Å². The van der Waals surface area contributed by atoms with Gasteiger partial charge in [0.15, 0.2) is 11.6 Å². The van der Waals surface area contributed by atoms with Crippen LogP contribution in [-0.2, 0) is 10.0 Å². The Kier molecular flexibility index (Phi) is 6.41. The number of hydrogen-bond acceptors (Lipinski definition) is 4. The zero-order valence-electron chi connectivity index (χ0n) is 17.3. The maximum Gasteiger partial charge on any atom is 0.251 e. The van der Waals surface area contributed by atoms with Crippen LogP contribution in [0.15, 0.2) is 78.9 Å². The number of carbonyl (C=O) groups is 1. The van der Waals surface area contributed by atoms with Crippen molar-refractivity contribution in [1.82, 2.24) is 5.32 Å². The first-order valence-corrected chi connectivity index (χ1v) is 11.9. The van der Waals surface area contributed by atoms with E-state index in [4.69, 9.17) is 4.74 Å². The summed E-state index contributed by atoms with van der Waals surface area (Å²) in [5.74, 6) is -0.657. The third-order valence-electron chi connectivity index (χ3n) is 5.25. The third kappa shape index (κ3) is 4.91. The van der Waals surface area contributed by atoms with Crippen LogP contribution >= 0.6 is 0 Å². The molecule has 0 aromatic heterocycles. The van der Waals surface area contributed by atoms with E-state index in [1.54, 1.807) is 36.4 Å². The van der Waals surface area contributed by atoms with Crippen LogP contribution in [0.5, 0.6) is 5.75 Å².